The van der Waals surface area contributed by atoms with Gasteiger partial charge in [0.05, 0.1) is 0 Å². The van der Waals surface area contributed by atoms with E-state index in [1.165, 1.54) is 11.1 Å². The van der Waals surface area contributed by atoms with Gasteiger partial charge in [0.2, 0.25) is 0 Å². The molecule has 0 nitrogen and oxygen atoms in total. The van der Waals surface area contributed by atoms with Gasteiger partial charge < -0.3 is 0 Å². The zero-order valence-electron chi connectivity index (χ0n) is 7.93. The van der Waals surface area contributed by atoms with E-state index in [2.05, 4.69) is 36.4 Å². The zero-order chi connectivity index (χ0) is 9.64. The molecule has 0 aromatic heterocycles. The van der Waals surface area contributed by atoms with Crippen LogP contribution in [0.3, 0.4) is 0 Å². The Morgan fingerprint density at radius 2 is 0.812 bits per heavy atom. The molecule has 0 saturated carbocycles. The fourth-order valence-electron chi connectivity index (χ4n) is 1.32. The van der Waals surface area contributed by atoms with E-state index in [9.17, 15) is 0 Å². The molecule has 0 N–H and O–H groups in total. The predicted molar refractivity (Wildman–Crippen MR) is 75.3 cm³/mol. The summed E-state index contributed by atoms with van der Waals surface area (Å²) in [5.74, 6) is 0. The van der Waals surface area contributed by atoms with Crippen molar-refractivity contribution in [3.8, 4) is 0 Å². The van der Waals surface area contributed by atoms with Crippen molar-refractivity contribution in [1.29, 1.82) is 0 Å². The van der Waals surface area contributed by atoms with E-state index in [1.54, 1.807) is 0 Å². The third-order valence-corrected chi connectivity index (χ3v) is 2.07. The van der Waals surface area contributed by atoms with Crippen LogP contribution in [0, 0.1) is 0 Å². The molecule has 0 aliphatic carbocycles. The maximum Gasteiger partial charge on any atom is -0.0256 e. The lowest BCUT2D eigenvalue weighted by Crippen LogP contribution is -1.70. The molecule has 0 saturated heterocycles. The first-order chi connectivity index (χ1) is 6.95. The molecule has 16 heavy (non-hydrogen) atoms. The molecule has 0 bridgehead atoms. The molecule has 2 aromatic rings. The molecule has 0 heteroatoms. The van der Waals surface area contributed by atoms with Crippen LogP contribution in [-0.2, 0) is 0 Å². The third-order valence-electron chi connectivity index (χ3n) is 2.07. The van der Waals surface area contributed by atoms with E-state index in [-0.39, 0.29) is 14.9 Å². The fraction of sp³-hybridized carbons (Fsp3) is 0.125. The van der Waals surface area contributed by atoms with Crippen molar-refractivity contribution in [3.05, 3.63) is 71.8 Å². The molecule has 0 aliphatic rings. The van der Waals surface area contributed by atoms with Crippen molar-refractivity contribution < 1.29 is 0 Å². The second kappa shape index (κ2) is 7.47. The van der Waals surface area contributed by atoms with Crippen molar-refractivity contribution in [1.82, 2.24) is 0 Å². The van der Waals surface area contributed by atoms with Gasteiger partial charge in [-0.15, -0.1) is 0 Å². The lowest BCUT2D eigenvalue weighted by molar-refractivity contribution is 1.65. The molecule has 2 aromatic carbocycles. The summed E-state index contributed by atoms with van der Waals surface area (Å²) in [6.45, 7) is 0. The van der Waals surface area contributed by atoms with Gasteiger partial charge in [0.1, 0.15) is 0 Å². The van der Waals surface area contributed by atoms with Crippen molar-refractivity contribution >= 4 is 12.2 Å². The smallest absolute Gasteiger partial charge is 0.0256 e. The summed E-state index contributed by atoms with van der Waals surface area (Å²) in [5.41, 5.74) is 2.47. The minimum atomic E-state index is 0. The minimum absolute atomic E-state index is 0. The van der Waals surface area contributed by atoms with Crippen LogP contribution >= 0.6 is 0 Å². The van der Waals surface area contributed by atoms with Gasteiger partial charge in [0.15, 0.2) is 0 Å². The van der Waals surface area contributed by atoms with Crippen LogP contribution in [0.5, 0.6) is 0 Å². The van der Waals surface area contributed by atoms with Crippen molar-refractivity contribution in [2.45, 2.75) is 14.9 Å². The Morgan fingerprint density at radius 3 is 1.12 bits per heavy atom. The topological polar surface area (TPSA) is 0 Å². The Kier molecular flexibility index (Phi) is 6.62. The van der Waals surface area contributed by atoms with E-state index >= 15 is 0 Å². The Hall–Kier alpha value is -1.82. The van der Waals surface area contributed by atoms with Crippen LogP contribution in [-0.4, -0.2) is 0 Å². The van der Waals surface area contributed by atoms with E-state index in [0.29, 0.717) is 0 Å². The summed E-state index contributed by atoms with van der Waals surface area (Å²) in [6, 6.07) is 20.6. The summed E-state index contributed by atoms with van der Waals surface area (Å²) >= 11 is 0. The Morgan fingerprint density at radius 1 is 0.500 bits per heavy atom. The van der Waals surface area contributed by atoms with Gasteiger partial charge in [-0.25, -0.2) is 0 Å². The molecule has 0 radical (unpaired) electrons. The highest BCUT2D eigenvalue weighted by atomic mass is 13.9. The second-order valence-corrected chi connectivity index (χ2v) is 3.15. The number of benzene rings is 2. The maximum absolute atomic E-state index is 2.12. The van der Waals surface area contributed by atoms with E-state index in [0.717, 1.165) is 0 Å². The maximum atomic E-state index is 2.12. The molecule has 0 amide bonds. The van der Waals surface area contributed by atoms with Gasteiger partial charge in [-0.05, 0) is 11.1 Å². The lowest BCUT2D eigenvalue weighted by atomic mass is 10.1. The second-order valence-electron chi connectivity index (χ2n) is 3.15. The van der Waals surface area contributed by atoms with Crippen LogP contribution in [0.25, 0.3) is 12.2 Å². The quantitative estimate of drug-likeness (QED) is 0.605. The van der Waals surface area contributed by atoms with Crippen molar-refractivity contribution in [3.63, 3.8) is 0 Å². The third kappa shape index (κ3) is 4.14. The number of hydrogen-bond donors (Lipinski definition) is 0. The number of rotatable bonds is 2. The van der Waals surface area contributed by atoms with Crippen LogP contribution in [0.15, 0.2) is 60.7 Å². The summed E-state index contributed by atoms with van der Waals surface area (Å²) in [4.78, 5) is 0. The molecule has 2 rings (SSSR count). The fourth-order valence-corrected chi connectivity index (χ4v) is 1.32. The van der Waals surface area contributed by atoms with E-state index in [1.807, 2.05) is 36.4 Å². The Labute approximate surface area is 99.3 Å². The van der Waals surface area contributed by atoms with Crippen molar-refractivity contribution in [2.75, 3.05) is 0 Å². The molecule has 84 valence electrons. The summed E-state index contributed by atoms with van der Waals surface area (Å²) < 4.78 is 0. The summed E-state index contributed by atoms with van der Waals surface area (Å²) in [5, 5.41) is 0. The predicted octanol–water partition coefficient (Wildman–Crippen LogP) is 5.13. The highest BCUT2D eigenvalue weighted by molar-refractivity contribution is 5.69. The van der Waals surface area contributed by atoms with Gasteiger partial charge in [0.25, 0.3) is 0 Å². The summed E-state index contributed by atoms with van der Waals surface area (Å²) in [6.07, 6.45) is 4.24. The number of hydrogen-bond acceptors (Lipinski definition) is 0. The average Bonchev–Trinajstić information content (AvgIpc) is 2.29. The lowest BCUT2D eigenvalue weighted by Gasteiger charge is -1.92. The van der Waals surface area contributed by atoms with Gasteiger partial charge in [-0.3, -0.25) is 0 Å². The van der Waals surface area contributed by atoms with Crippen LogP contribution in [0.2, 0.25) is 0 Å². The summed E-state index contributed by atoms with van der Waals surface area (Å²) in [7, 11) is 0. The van der Waals surface area contributed by atoms with Crippen LogP contribution in [0.1, 0.15) is 26.0 Å². The molecule has 0 fully saturated rings. The molecule has 0 heterocycles. The molecule has 0 atom stereocenters. The highest BCUT2D eigenvalue weighted by Crippen LogP contribution is 2.06. The SMILES string of the molecule is C.C.C(=Cc1ccccc1)c1ccccc1. The normalized spacial score (nSPS) is 9.25. The first-order valence-electron chi connectivity index (χ1n) is 4.73. The van der Waals surface area contributed by atoms with E-state index < -0.39 is 0 Å². The van der Waals surface area contributed by atoms with Gasteiger partial charge in [0, 0.05) is 0 Å². The van der Waals surface area contributed by atoms with E-state index in [4.69, 9.17) is 0 Å². The van der Waals surface area contributed by atoms with Gasteiger partial charge in [-0.1, -0.05) is 87.7 Å². The molecular weight excluding hydrogens is 192 g/mol. The minimum Gasteiger partial charge on any atom is -0.0776 e. The van der Waals surface area contributed by atoms with Crippen molar-refractivity contribution in [2.24, 2.45) is 0 Å². The van der Waals surface area contributed by atoms with Gasteiger partial charge in [-0.2, -0.15) is 0 Å². The highest BCUT2D eigenvalue weighted by Gasteiger charge is 1.84. The first kappa shape index (κ1) is 14.2. The Balaban J connectivity index is 0.00000112. The first-order valence-corrected chi connectivity index (χ1v) is 4.73. The Bertz CT molecular complexity index is 357. The monoisotopic (exact) mass is 212 g/mol. The molecular formula is C16H20. The largest absolute Gasteiger partial charge is 0.0776 e. The zero-order valence-corrected chi connectivity index (χ0v) is 7.93. The standard InChI is InChI=1S/C14H12.2CH4/c1-3-7-13(8-4-1)11-12-14-9-5-2-6-10-14;;/h1-12H;2*1H4. The van der Waals surface area contributed by atoms with Crippen LogP contribution < -0.4 is 0 Å². The molecule has 0 spiro atoms. The van der Waals surface area contributed by atoms with Gasteiger partial charge >= 0.3 is 0 Å². The van der Waals surface area contributed by atoms with Crippen LogP contribution in [0.4, 0.5) is 0 Å². The average molecular weight is 212 g/mol. The molecule has 0 unspecified atom stereocenters. The molecule has 0 aliphatic heterocycles.